The minimum atomic E-state index is -0.195. The molecular weight excluding hydrogens is 358 g/mol. The number of amides is 1. The Morgan fingerprint density at radius 1 is 1.15 bits per heavy atom. The first-order valence-corrected chi connectivity index (χ1v) is 9.60. The van der Waals surface area contributed by atoms with Crippen LogP contribution in [0.1, 0.15) is 30.2 Å². The Morgan fingerprint density at radius 3 is 2.37 bits per heavy atom. The molecule has 2 aromatic carbocycles. The number of rotatable bonds is 6. The molecule has 27 heavy (non-hydrogen) atoms. The second-order valence-electron chi connectivity index (χ2n) is 6.59. The van der Waals surface area contributed by atoms with Crippen molar-refractivity contribution in [3.8, 4) is 17.0 Å². The SMILES string of the molecule is Cc1sc(N)nc1-c1ccc(OCC(=O)Nc2ccc(C(C)C)cc2)cc1. The lowest BCUT2D eigenvalue weighted by Crippen LogP contribution is -2.20. The van der Waals surface area contributed by atoms with Gasteiger partial charge in [-0.25, -0.2) is 4.98 Å². The van der Waals surface area contributed by atoms with E-state index in [-0.39, 0.29) is 12.5 Å². The van der Waals surface area contributed by atoms with Crippen molar-refractivity contribution in [1.29, 1.82) is 0 Å². The second-order valence-corrected chi connectivity index (χ2v) is 7.83. The summed E-state index contributed by atoms with van der Waals surface area (Å²) in [6.07, 6.45) is 0. The highest BCUT2D eigenvalue weighted by Crippen LogP contribution is 2.29. The van der Waals surface area contributed by atoms with E-state index < -0.39 is 0 Å². The normalized spacial score (nSPS) is 10.8. The number of nitrogens with one attached hydrogen (secondary N) is 1. The zero-order chi connectivity index (χ0) is 19.4. The van der Waals surface area contributed by atoms with Crippen molar-refractivity contribution in [1.82, 2.24) is 4.98 Å². The molecule has 0 saturated carbocycles. The van der Waals surface area contributed by atoms with E-state index >= 15 is 0 Å². The van der Waals surface area contributed by atoms with Gasteiger partial charge in [0.2, 0.25) is 0 Å². The second kappa shape index (κ2) is 8.22. The number of ether oxygens (including phenoxy) is 1. The fourth-order valence-electron chi connectivity index (χ4n) is 2.69. The molecule has 0 aliphatic rings. The first-order chi connectivity index (χ1) is 12.9. The van der Waals surface area contributed by atoms with Crippen LogP contribution in [-0.2, 0) is 4.79 Å². The van der Waals surface area contributed by atoms with Crippen molar-refractivity contribution in [3.63, 3.8) is 0 Å². The Kier molecular flexibility index (Phi) is 5.76. The van der Waals surface area contributed by atoms with Crippen molar-refractivity contribution in [3.05, 3.63) is 59.0 Å². The number of aromatic nitrogens is 1. The Balaban J connectivity index is 1.55. The van der Waals surface area contributed by atoms with Crippen LogP contribution in [0, 0.1) is 6.92 Å². The molecule has 1 aromatic heterocycles. The maximum atomic E-state index is 12.1. The number of hydrogen-bond acceptors (Lipinski definition) is 5. The van der Waals surface area contributed by atoms with Gasteiger partial charge in [-0.1, -0.05) is 26.0 Å². The Hall–Kier alpha value is -2.86. The zero-order valence-corrected chi connectivity index (χ0v) is 16.5. The highest BCUT2D eigenvalue weighted by atomic mass is 32.1. The summed E-state index contributed by atoms with van der Waals surface area (Å²) in [5, 5.41) is 3.40. The summed E-state index contributed by atoms with van der Waals surface area (Å²) in [4.78, 5) is 17.5. The van der Waals surface area contributed by atoms with E-state index in [4.69, 9.17) is 10.5 Å². The highest BCUT2D eigenvalue weighted by molar-refractivity contribution is 7.15. The molecule has 0 radical (unpaired) electrons. The summed E-state index contributed by atoms with van der Waals surface area (Å²) >= 11 is 1.47. The molecule has 1 amide bonds. The van der Waals surface area contributed by atoms with E-state index in [1.807, 2.05) is 55.5 Å². The third-order valence-corrected chi connectivity index (χ3v) is 4.97. The van der Waals surface area contributed by atoms with E-state index in [9.17, 15) is 4.79 Å². The zero-order valence-electron chi connectivity index (χ0n) is 15.7. The highest BCUT2D eigenvalue weighted by Gasteiger charge is 2.09. The number of hydrogen-bond donors (Lipinski definition) is 2. The molecule has 3 rings (SSSR count). The van der Waals surface area contributed by atoms with Crippen LogP contribution in [0.4, 0.5) is 10.8 Å². The lowest BCUT2D eigenvalue weighted by Gasteiger charge is -2.10. The van der Waals surface area contributed by atoms with Gasteiger partial charge in [-0.15, -0.1) is 11.3 Å². The van der Waals surface area contributed by atoms with Crippen LogP contribution in [0.2, 0.25) is 0 Å². The average molecular weight is 382 g/mol. The van der Waals surface area contributed by atoms with Crippen LogP contribution in [-0.4, -0.2) is 17.5 Å². The van der Waals surface area contributed by atoms with Crippen molar-refractivity contribution in [2.75, 3.05) is 17.7 Å². The van der Waals surface area contributed by atoms with Crippen LogP contribution in [0.5, 0.6) is 5.75 Å². The molecule has 6 heteroatoms. The molecule has 3 aromatic rings. The molecule has 0 saturated heterocycles. The molecule has 0 unspecified atom stereocenters. The summed E-state index contributed by atoms with van der Waals surface area (Å²) in [6.45, 7) is 6.22. The number of nitrogens with two attached hydrogens (primary N) is 1. The Labute approximate surface area is 163 Å². The number of nitrogens with zero attached hydrogens (tertiary/aromatic N) is 1. The molecule has 0 aliphatic carbocycles. The van der Waals surface area contributed by atoms with Crippen LogP contribution < -0.4 is 15.8 Å². The van der Waals surface area contributed by atoms with Gasteiger partial charge in [-0.05, 0) is 54.8 Å². The van der Waals surface area contributed by atoms with E-state index in [1.165, 1.54) is 16.9 Å². The first-order valence-electron chi connectivity index (χ1n) is 8.78. The van der Waals surface area contributed by atoms with E-state index in [0.717, 1.165) is 21.8 Å². The molecule has 0 aliphatic heterocycles. The summed E-state index contributed by atoms with van der Waals surface area (Å²) in [5.41, 5.74) is 9.61. The quantitative estimate of drug-likeness (QED) is 0.640. The van der Waals surface area contributed by atoms with Gasteiger partial charge in [0.15, 0.2) is 11.7 Å². The summed E-state index contributed by atoms with van der Waals surface area (Å²) in [6, 6.07) is 15.3. The number of carbonyl (C=O) groups is 1. The maximum Gasteiger partial charge on any atom is 0.262 e. The van der Waals surface area contributed by atoms with E-state index in [2.05, 4.69) is 24.1 Å². The van der Waals surface area contributed by atoms with E-state index in [0.29, 0.717) is 16.8 Å². The molecule has 3 N–H and O–H groups in total. The van der Waals surface area contributed by atoms with Gasteiger partial charge in [-0.3, -0.25) is 4.79 Å². The predicted molar refractivity (Wildman–Crippen MR) is 111 cm³/mol. The monoisotopic (exact) mass is 381 g/mol. The van der Waals surface area contributed by atoms with Gasteiger partial charge in [0, 0.05) is 16.1 Å². The number of aryl methyl sites for hydroxylation is 1. The van der Waals surface area contributed by atoms with Gasteiger partial charge >= 0.3 is 0 Å². The minimum Gasteiger partial charge on any atom is -0.484 e. The summed E-state index contributed by atoms with van der Waals surface area (Å²) in [7, 11) is 0. The van der Waals surface area contributed by atoms with Crippen molar-refractivity contribution in [2.24, 2.45) is 0 Å². The van der Waals surface area contributed by atoms with Gasteiger partial charge in [0.1, 0.15) is 5.75 Å². The molecule has 0 fully saturated rings. The van der Waals surface area contributed by atoms with Crippen LogP contribution in [0.25, 0.3) is 11.3 Å². The minimum absolute atomic E-state index is 0.0477. The number of carbonyl (C=O) groups excluding carboxylic acids is 1. The molecule has 5 nitrogen and oxygen atoms in total. The largest absolute Gasteiger partial charge is 0.484 e. The molecule has 0 atom stereocenters. The lowest BCUT2D eigenvalue weighted by atomic mass is 10.0. The van der Waals surface area contributed by atoms with Crippen molar-refractivity contribution >= 4 is 28.1 Å². The summed E-state index contributed by atoms with van der Waals surface area (Å²) < 4.78 is 5.57. The summed E-state index contributed by atoms with van der Waals surface area (Å²) in [5.74, 6) is 0.898. The van der Waals surface area contributed by atoms with Gasteiger partial charge in [0.05, 0.1) is 5.69 Å². The topological polar surface area (TPSA) is 77.2 Å². The Bertz CT molecular complexity index is 916. The molecule has 0 bridgehead atoms. The first kappa shape index (κ1) is 18.9. The third kappa shape index (κ3) is 4.86. The van der Waals surface area contributed by atoms with Crippen LogP contribution in [0.3, 0.4) is 0 Å². The predicted octanol–water partition coefficient (Wildman–Crippen LogP) is 4.84. The van der Waals surface area contributed by atoms with Gasteiger partial charge in [-0.2, -0.15) is 0 Å². The molecule has 0 spiro atoms. The van der Waals surface area contributed by atoms with Gasteiger partial charge in [0.25, 0.3) is 5.91 Å². The number of anilines is 2. The number of benzene rings is 2. The fraction of sp³-hybridized carbons (Fsp3) is 0.238. The number of nitrogen functional groups attached to an aromatic ring is 1. The fourth-order valence-corrected chi connectivity index (χ4v) is 3.40. The van der Waals surface area contributed by atoms with E-state index in [1.54, 1.807) is 0 Å². The van der Waals surface area contributed by atoms with Crippen LogP contribution in [0.15, 0.2) is 48.5 Å². The molecule has 140 valence electrons. The lowest BCUT2D eigenvalue weighted by molar-refractivity contribution is -0.118. The van der Waals surface area contributed by atoms with Crippen LogP contribution >= 0.6 is 11.3 Å². The smallest absolute Gasteiger partial charge is 0.262 e. The average Bonchev–Trinajstić information content (AvgIpc) is 2.99. The van der Waals surface area contributed by atoms with Crippen molar-refractivity contribution < 1.29 is 9.53 Å². The molecule has 1 heterocycles. The van der Waals surface area contributed by atoms with Crippen molar-refractivity contribution in [2.45, 2.75) is 26.7 Å². The molecular formula is C21H23N3O2S. The standard InChI is InChI=1S/C21H23N3O2S/c1-13(2)15-4-8-17(9-5-15)23-19(25)12-26-18-10-6-16(7-11-18)20-14(3)27-21(22)24-20/h4-11,13H,12H2,1-3H3,(H2,22,24)(H,23,25). The number of thiazole rings is 1. The third-order valence-electron chi connectivity index (χ3n) is 4.17. The maximum absolute atomic E-state index is 12.1. The van der Waals surface area contributed by atoms with Gasteiger partial charge < -0.3 is 15.8 Å². The Morgan fingerprint density at radius 2 is 1.81 bits per heavy atom.